The Morgan fingerprint density at radius 2 is 1.73 bits per heavy atom. The molecule has 2 fully saturated rings. The lowest BCUT2D eigenvalue weighted by Gasteiger charge is -2.58. The molecule has 0 aromatic carbocycles. The van der Waals surface area contributed by atoms with Gasteiger partial charge < -0.3 is 24.1 Å². The summed E-state index contributed by atoms with van der Waals surface area (Å²) in [6.45, 7) is 13.1. The van der Waals surface area contributed by atoms with E-state index in [1.807, 2.05) is 0 Å². The third-order valence-electron chi connectivity index (χ3n) is 6.87. The van der Waals surface area contributed by atoms with Crippen LogP contribution in [0.5, 0.6) is 0 Å². The van der Waals surface area contributed by atoms with Gasteiger partial charge in [0, 0.05) is 25.9 Å². The van der Waals surface area contributed by atoms with Crippen molar-refractivity contribution in [1.29, 1.82) is 0 Å². The van der Waals surface area contributed by atoms with Crippen LogP contribution in [0.3, 0.4) is 0 Å². The molecule has 174 valence electrons. The maximum atomic E-state index is 11.0. The third-order valence-corrected chi connectivity index (χ3v) is 13.8. The average molecular weight is 459 g/mol. The standard InChI is InChI=1S/C22H42O6Si2/c1-5-20(24)26-18-19(23)17-25-13-10-16-30(4)22(12-7-9-15-28-22)21(29(2)3)11-6-8-14-27-21/h5,19,23,29-30H,1,6-18H2,2-4H3. The predicted octanol–water partition coefficient (Wildman–Crippen LogP) is 2.78. The lowest BCUT2D eigenvalue weighted by atomic mass is 9.96. The minimum absolute atomic E-state index is 0.0105. The largest absolute Gasteiger partial charge is 0.460 e. The normalized spacial score (nSPS) is 29.4. The van der Waals surface area contributed by atoms with Crippen LogP contribution in [0, 0.1) is 0 Å². The molecule has 0 aromatic rings. The summed E-state index contributed by atoms with van der Waals surface area (Å²) < 4.78 is 23.9. The van der Waals surface area contributed by atoms with E-state index in [-0.39, 0.29) is 23.7 Å². The fourth-order valence-corrected chi connectivity index (χ4v) is 13.0. The number of hydrogen-bond acceptors (Lipinski definition) is 6. The molecule has 2 aliphatic heterocycles. The first-order chi connectivity index (χ1) is 14.4. The van der Waals surface area contributed by atoms with Crippen molar-refractivity contribution in [2.45, 2.75) is 87.2 Å². The molecule has 2 rings (SSSR count). The molecule has 8 heteroatoms. The highest BCUT2D eigenvalue weighted by Gasteiger charge is 2.58. The Hall–Kier alpha value is -0.516. The van der Waals surface area contributed by atoms with E-state index >= 15 is 0 Å². The van der Waals surface area contributed by atoms with E-state index < -0.39 is 29.7 Å². The van der Waals surface area contributed by atoms with Crippen LogP contribution in [0.25, 0.3) is 0 Å². The second kappa shape index (κ2) is 12.5. The van der Waals surface area contributed by atoms with Gasteiger partial charge in [-0.25, -0.2) is 4.79 Å². The summed E-state index contributed by atoms with van der Waals surface area (Å²) in [6.07, 6.45) is 8.41. The van der Waals surface area contributed by atoms with Crippen molar-refractivity contribution < 1.29 is 28.8 Å². The van der Waals surface area contributed by atoms with E-state index in [0.717, 1.165) is 44.6 Å². The van der Waals surface area contributed by atoms with Crippen molar-refractivity contribution in [1.82, 2.24) is 0 Å². The van der Waals surface area contributed by atoms with E-state index in [0.29, 0.717) is 6.61 Å². The van der Waals surface area contributed by atoms with E-state index in [1.54, 1.807) is 0 Å². The van der Waals surface area contributed by atoms with Crippen LogP contribution in [0.15, 0.2) is 12.7 Å². The highest BCUT2D eigenvalue weighted by molar-refractivity contribution is 6.67. The molecule has 0 bridgehead atoms. The van der Waals surface area contributed by atoms with Crippen molar-refractivity contribution in [3.63, 3.8) is 0 Å². The van der Waals surface area contributed by atoms with Crippen LogP contribution in [-0.2, 0) is 23.7 Å². The van der Waals surface area contributed by atoms with Crippen LogP contribution in [0.2, 0.25) is 25.7 Å². The van der Waals surface area contributed by atoms with E-state index in [4.69, 9.17) is 18.9 Å². The minimum Gasteiger partial charge on any atom is -0.460 e. The van der Waals surface area contributed by atoms with E-state index in [1.165, 1.54) is 25.7 Å². The summed E-state index contributed by atoms with van der Waals surface area (Å²) in [5, 5.41) is 9.80. The lowest BCUT2D eigenvalue weighted by molar-refractivity contribution is -0.164. The number of esters is 1. The molecule has 4 unspecified atom stereocenters. The topological polar surface area (TPSA) is 74.2 Å². The average Bonchev–Trinajstić information content (AvgIpc) is 2.77. The fraction of sp³-hybridized carbons (Fsp3) is 0.864. The highest BCUT2D eigenvalue weighted by atomic mass is 28.3. The first kappa shape index (κ1) is 25.7. The molecule has 0 aromatic heterocycles. The highest BCUT2D eigenvalue weighted by Crippen LogP contribution is 2.47. The quantitative estimate of drug-likeness (QED) is 0.210. The van der Waals surface area contributed by atoms with E-state index in [2.05, 4.69) is 26.2 Å². The van der Waals surface area contributed by atoms with Crippen molar-refractivity contribution in [2.75, 3.05) is 33.0 Å². The van der Waals surface area contributed by atoms with Gasteiger partial charge in [0.1, 0.15) is 12.7 Å². The Morgan fingerprint density at radius 1 is 1.10 bits per heavy atom. The molecule has 2 heterocycles. The van der Waals surface area contributed by atoms with Crippen molar-refractivity contribution in [3.05, 3.63) is 12.7 Å². The van der Waals surface area contributed by atoms with Gasteiger partial charge in [-0.3, -0.25) is 0 Å². The van der Waals surface area contributed by atoms with Crippen LogP contribution in [0.4, 0.5) is 0 Å². The summed E-state index contributed by atoms with van der Waals surface area (Å²) in [5.41, 5.74) is 0. The lowest BCUT2D eigenvalue weighted by Crippen LogP contribution is -2.71. The maximum absolute atomic E-state index is 11.0. The number of aliphatic hydroxyl groups excluding tert-OH is 1. The SMILES string of the molecule is C=CC(=O)OCC(O)COCCC[SiH](C)C1(C2([SiH](C)C)CCCCO2)CCCCO1. The number of carbonyl (C=O) groups excluding carboxylic acids is 1. The molecule has 1 N–H and O–H groups in total. The molecule has 0 spiro atoms. The Labute approximate surface area is 185 Å². The maximum Gasteiger partial charge on any atom is 0.330 e. The van der Waals surface area contributed by atoms with Gasteiger partial charge in [0.2, 0.25) is 0 Å². The Kier molecular flexibility index (Phi) is 10.7. The number of rotatable bonds is 12. The van der Waals surface area contributed by atoms with Crippen LogP contribution < -0.4 is 0 Å². The molecular weight excluding hydrogens is 416 g/mol. The van der Waals surface area contributed by atoms with Gasteiger partial charge in [0.05, 0.1) is 34.6 Å². The van der Waals surface area contributed by atoms with Gasteiger partial charge in [0.25, 0.3) is 0 Å². The van der Waals surface area contributed by atoms with Crippen molar-refractivity contribution >= 4 is 23.6 Å². The summed E-state index contributed by atoms with van der Waals surface area (Å²) in [6, 6.07) is 1.15. The molecule has 0 aliphatic carbocycles. The van der Waals surface area contributed by atoms with Gasteiger partial charge in [0.15, 0.2) is 0 Å². The predicted molar refractivity (Wildman–Crippen MR) is 124 cm³/mol. The second-order valence-electron chi connectivity index (χ2n) is 9.15. The van der Waals surface area contributed by atoms with Gasteiger partial charge in [-0.1, -0.05) is 32.3 Å². The summed E-state index contributed by atoms with van der Waals surface area (Å²) in [7, 11) is -2.34. The summed E-state index contributed by atoms with van der Waals surface area (Å²) >= 11 is 0. The third kappa shape index (κ3) is 6.26. The van der Waals surface area contributed by atoms with Gasteiger partial charge >= 0.3 is 5.97 Å². The second-order valence-corrected chi connectivity index (χ2v) is 15.7. The van der Waals surface area contributed by atoms with Crippen LogP contribution >= 0.6 is 0 Å². The molecule has 2 aliphatic rings. The van der Waals surface area contributed by atoms with Crippen molar-refractivity contribution in [2.24, 2.45) is 0 Å². The number of hydrogen-bond donors (Lipinski definition) is 1. The zero-order valence-corrected chi connectivity index (χ0v) is 21.5. The first-order valence-corrected chi connectivity index (χ1v) is 17.1. The summed E-state index contributed by atoms with van der Waals surface area (Å²) in [4.78, 5) is 11.0. The number of ether oxygens (including phenoxy) is 4. The van der Waals surface area contributed by atoms with Crippen molar-refractivity contribution in [3.8, 4) is 0 Å². The monoisotopic (exact) mass is 458 g/mol. The smallest absolute Gasteiger partial charge is 0.330 e. The molecule has 0 saturated carbocycles. The Morgan fingerprint density at radius 3 is 2.27 bits per heavy atom. The Bertz CT molecular complexity index is 530. The molecule has 2 saturated heterocycles. The fourth-order valence-electron chi connectivity index (χ4n) is 5.28. The van der Waals surface area contributed by atoms with E-state index in [9.17, 15) is 9.90 Å². The molecular formula is C22H42O6Si2. The zero-order chi connectivity index (χ0) is 22.0. The minimum atomic E-state index is -1.25. The molecule has 30 heavy (non-hydrogen) atoms. The van der Waals surface area contributed by atoms with Gasteiger partial charge in [-0.15, -0.1) is 0 Å². The zero-order valence-electron chi connectivity index (χ0n) is 19.2. The molecule has 0 amide bonds. The Balaban J connectivity index is 1.88. The first-order valence-electron chi connectivity index (χ1n) is 11.7. The molecule has 4 atom stereocenters. The van der Waals surface area contributed by atoms with Crippen LogP contribution in [-0.4, -0.2) is 78.3 Å². The number of carbonyl (C=O) groups is 1. The molecule has 0 radical (unpaired) electrons. The number of aliphatic hydroxyl groups is 1. The van der Waals surface area contributed by atoms with Crippen LogP contribution in [0.1, 0.15) is 44.9 Å². The van der Waals surface area contributed by atoms with Gasteiger partial charge in [-0.2, -0.15) is 0 Å². The molecule has 6 nitrogen and oxygen atoms in total. The van der Waals surface area contributed by atoms with Gasteiger partial charge in [-0.05, 0) is 44.9 Å². The summed E-state index contributed by atoms with van der Waals surface area (Å²) in [5.74, 6) is -0.529.